The average Bonchev–Trinajstić information content (AvgIpc) is 2.74. The molecule has 0 aliphatic carbocycles. The van der Waals surface area contributed by atoms with Crippen LogP contribution in [0.15, 0.2) is 36.8 Å². The predicted molar refractivity (Wildman–Crippen MR) is 110 cm³/mol. The van der Waals surface area contributed by atoms with Crippen LogP contribution in [-0.2, 0) is 9.53 Å². The summed E-state index contributed by atoms with van der Waals surface area (Å²) in [5.74, 6) is 0.796. The molecule has 2 aromatic heterocycles. The SMILES string of the molecule is COC(=O)C1(N)CCN(c2ncc3ncnc(Nc4cccc(C)c4)c3n2)CC1. The first-order chi connectivity index (χ1) is 14.0. The number of hydrogen-bond acceptors (Lipinski definition) is 9. The highest BCUT2D eigenvalue weighted by atomic mass is 16.5. The van der Waals surface area contributed by atoms with Gasteiger partial charge in [0.05, 0.1) is 13.3 Å². The molecule has 0 saturated carbocycles. The smallest absolute Gasteiger partial charge is 0.325 e. The molecule has 3 heterocycles. The van der Waals surface area contributed by atoms with Crippen molar-refractivity contribution in [2.75, 3.05) is 30.4 Å². The van der Waals surface area contributed by atoms with Crippen LogP contribution >= 0.6 is 0 Å². The van der Waals surface area contributed by atoms with Gasteiger partial charge in [-0.1, -0.05) is 12.1 Å². The molecule has 0 unspecified atom stereocenters. The van der Waals surface area contributed by atoms with Crippen molar-refractivity contribution in [2.45, 2.75) is 25.3 Å². The molecule has 0 radical (unpaired) electrons. The molecule has 0 amide bonds. The van der Waals surface area contributed by atoms with Gasteiger partial charge in [-0.05, 0) is 37.5 Å². The number of aromatic nitrogens is 4. The van der Waals surface area contributed by atoms with E-state index in [-0.39, 0.29) is 5.97 Å². The highest BCUT2D eigenvalue weighted by Gasteiger charge is 2.39. The third-order valence-electron chi connectivity index (χ3n) is 5.18. The fourth-order valence-electron chi connectivity index (χ4n) is 3.46. The lowest BCUT2D eigenvalue weighted by Gasteiger charge is -2.36. The normalized spacial score (nSPS) is 15.9. The van der Waals surface area contributed by atoms with Crippen molar-refractivity contribution in [3.05, 3.63) is 42.4 Å². The molecule has 3 N–H and O–H groups in total. The zero-order chi connectivity index (χ0) is 20.4. The molecule has 1 fully saturated rings. The van der Waals surface area contributed by atoms with Gasteiger partial charge in [0.15, 0.2) is 5.82 Å². The van der Waals surface area contributed by atoms with Crippen molar-refractivity contribution in [1.82, 2.24) is 19.9 Å². The number of carbonyl (C=O) groups is 1. The van der Waals surface area contributed by atoms with Gasteiger partial charge in [0.2, 0.25) is 5.95 Å². The number of carbonyl (C=O) groups excluding carboxylic acids is 1. The van der Waals surface area contributed by atoms with Crippen LogP contribution in [0.4, 0.5) is 17.5 Å². The van der Waals surface area contributed by atoms with Crippen LogP contribution in [0.2, 0.25) is 0 Å². The number of nitrogens with one attached hydrogen (secondary N) is 1. The van der Waals surface area contributed by atoms with Crippen molar-refractivity contribution in [3.8, 4) is 0 Å². The maximum absolute atomic E-state index is 11.9. The van der Waals surface area contributed by atoms with Crippen LogP contribution in [0.1, 0.15) is 18.4 Å². The van der Waals surface area contributed by atoms with E-state index in [0.29, 0.717) is 48.7 Å². The molecule has 0 bridgehead atoms. The fourth-order valence-corrected chi connectivity index (χ4v) is 3.46. The van der Waals surface area contributed by atoms with Crippen LogP contribution in [0.25, 0.3) is 11.0 Å². The van der Waals surface area contributed by atoms with Crippen molar-refractivity contribution < 1.29 is 9.53 Å². The van der Waals surface area contributed by atoms with Crippen molar-refractivity contribution in [2.24, 2.45) is 5.73 Å². The number of aryl methyl sites for hydroxylation is 1. The Kier molecular flexibility index (Phi) is 4.98. The Balaban J connectivity index is 1.60. The Morgan fingerprint density at radius 2 is 2.03 bits per heavy atom. The Morgan fingerprint density at radius 1 is 1.24 bits per heavy atom. The largest absolute Gasteiger partial charge is 0.468 e. The number of esters is 1. The van der Waals surface area contributed by atoms with E-state index < -0.39 is 5.54 Å². The van der Waals surface area contributed by atoms with Gasteiger partial charge >= 0.3 is 5.97 Å². The van der Waals surface area contributed by atoms with E-state index in [1.807, 2.05) is 36.1 Å². The molecule has 9 nitrogen and oxygen atoms in total. The first-order valence-electron chi connectivity index (χ1n) is 9.42. The quantitative estimate of drug-likeness (QED) is 0.641. The lowest BCUT2D eigenvalue weighted by molar-refractivity contribution is -0.147. The minimum Gasteiger partial charge on any atom is -0.468 e. The van der Waals surface area contributed by atoms with E-state index in [1.54, 1.807) is 6.20 Å². The van der Waals surface area contributed by atoms with E-state index in [0.717, 1.165) is 11.3 Å². The average molecular weight is 393 g/mol. The molecule has 1 saturated heterocycles. The molecule has 1 aliphatic heterocycles. The summed E-state index contributed by atoms with van der Waals surface area (Å²) in [7, 11) is 1.36. The van der Waals surface area contributed by atoms with Gasteiger partial charge in [-0.2, -0.15) is 0 Å². The Labute approximate surface area is 168 Å². The topological polar surface area (TPSA) is 119 Å². The second kappa shape index (κ2) is 7.59. The maximum Gasteiger partial charge on any atom is 0.325 e. The van der Waals surface area contributed by atoms with Crippen molar-refractivity contribution >= 4 is 34.5 Å². The number of piperidine rings is 1. The number of benzene rings is 1. The van der Waals surface area contributed by atoms with Crippen LogP contribution < -0.4 is 16.0 Å². The summed E-state index contributed by atoms with van der Waals surface area (Å²) in [5, 5.41) is 3.31. The number of methoxy groups -OCH3 is 1. The molecule has 1 aliphatic rings. The van der Waals surface area contributed by atoms with Crippen LogP contribution in [-0.4, -0.2) is 51.6 Å². The second-order valence-corrected chi connectivity index (χ2v) is 7.26. The summed E-state index contributed by atoms with van der Waals surface area (Å²) < 4.78 is 4.83. The maximum atomic E-state index is 11.9. The second-order valence-electron chi connectivity index (χ2n) is 7.26. The number of nitrogens with two attached hydrogens (primary N) is 1. The fraction of sp³-hybridized carbons (Fsp3) is 0.350. The van der Waals surface area contributed by atoms with Crippen molar-refractivity contribution in [3.63, 3.8) is 0 Å². The molecule has 1 aromatic carbocycles. The third-order valence-corrected chi connectivity index (χ3v) is 5.18. The van der Waals surface area contributed by atoms with Gasteiger partial charge in [0.1, 0.15) is 22.9 Å². The first kappa shape index (κ1) is 19.0. The summed E-state index contributed by atoms with van der Waals surface area (Å²) in [4.78, 5) is 31.7. The Morgan fingerprint density at radius 3 is 2.76 bits per heavy atom. The first-order valence-corrected chi connectivity index (χ1v) is 9.42. The molecular weight excluding hydrogens is 370 g/mol. The molecule has 0 spiro atoms. The standard InChI is InChI=1S/C20H23N7O2/c1-13-4-3-5-14(10-13)25-17-16-15(23-12-24-17)11-22-19(26-16)27-8-6-20(21,7-9-27)18(28)29-2/h3-5,10-12H,6-9,21H2,1-2H3,(H,23,24,25). The molecule has 9 heteroatoms. The lowest BCUT2D eigenvalue weighted by Crippen LogP contribution is -2.56. The van der Waals surface area contributed by atoms with Gasteiger partial charge in [-0.15, -0.1) is 0 Å². The summed E-state index contributed by atoms with van der Waals surface area (Å²) >= 11 is 0. The number of anilines is 3. The van der Waals surface area contributed by atoms with E-state index >= 15 is 0 Å². The number of hydrogen-bond donors (Lipinski definition) is 2. The van der Waals surface area contributed by atoms with Gasteiger partial charge in [-0.3, -0.25) is 4.79 Å². The van der Waals surface area contributed by atoms with Gasteiger partial charge in [0.25, 0.3) is 0 Å². The van der Waals surface area contributed by atoms with E-state index in [2.05, 4.69) is 20.3 Å². The zero-order valence-electron chi connectivity index (χ0n) is 16.4. The van der Waals surface area contributed by atoms with Crippen LogP contribution in [0.3, 0.4) is 0 Å². The molecule has 4 rings (SSSR count). The van der Waals surface area contributed by atoms with Gasteiger partial charge in [-0.25, -0.2) is 19.9 Å². The van der Waals surface area contributed by atoms with Gasteiger partial charge < -0.3 is 20.7 Å². The third kappa shape index (κ3) is 3.81. The summed E-state index contributed by atoms with van der Waals surface area (Å²) in [6.45, 7) is 3.16. The highest BCUT2D eigenvalue weighted by molar-refractivity contribution is 5.87. The van der Waals surface area contributed by atoms with E-state index in [4.69, 9.17) is 15.5 Å². The number of fused-ring (bicyclic) bond motifs is 1. The molecule has 29 heavy (non-hydrogen) atoms. The van der Waals surface area contributed by atoms with E-state index in [9.17, 15) is 4.79 Å². The molecule has 3 aromatic rings. The zero-order valence-corrected chi connectivity index (χ0v) is 16.4. The monoisotopic (exact) mass is 393 g/mol. The minimum absolute atomic E-state index is 0.380. The number of ether oxygens (including phenoxy) is 1. The highest BCUT2D eigenvalue weighted by Crippen LogP contribution is 2.26. The van der Waals surface area contributed by atoms with Crippen molar-refractivity contribution in [1.29, 1.82) is 0 Å². The Bertz CT molecular complexity index is 1050. The summed E-state index contributed by atoms with van der Waals surface area (Å²) in [6, 6.07) is 8.02. The predicted octanol–water partition coefficient (Wildman–Crippen LogP) is 1.94. The number of rotatable bonds is 4. The summed E-state index contributed by atoms with van der Waals surface area (Å²) in [6.07, 6.45) is 4.12. The van der Waals surface area contributed by atoms with Crippen LogP contribution in [0.5, 0.6) is 0 Å². The van der Waals surface area contributed by atoms with E-state index in [1.165, 1.54) is 13.4 Å². The minimum atomic E-state index is -0.955. The molecule has 150 valence electrons. The summed E-state index contributed by atoms with van der Waals surface area (Å²) in [5.41, 5.74) is 8.60. The molecule has 0 atom stereocenters. The van der Waals surface area contributed by atoms with Crippen LogP contribution in [0, 0.1) is 6.92 Å². The molecular formula is C20H23N7O2. The lowest BCUT2D eigenvalue weighted by atomic mass is 9.89. The number of nitrogens with zero attached hydrogens (tertiary/aromatic N) is 5. The van der Waals surface area contributed by atoms with Gasteiger partial charge in [0, 0.05) is 18.8 Å². The Hall–Kier alpha value is -3.33.